The number of pyridine rings is 2. The Kier molecular flexibility index (Phi) is 8.04. The molecule has 0 N–H and O–H groups in total. The molecule has 10 aromatic rings. The van der Waals surface area contributed by atoms with Crippen molar-refractivity contribution in [2.75, 3.05) is 0 Å². The van der Waals surface area contributed by atoms with Crippen LogP contribution in [0.2, 0.25) is 0 Å². The molecule has 1 aliphatic rings. The number of fused-ring (bicyclic) bond motifs is 9. The maximum atomic E-state index is 7.05. The van der Waals surface area contributed by atoms with Gasteiger partial charge in [-0.05, 0) is 82.9 Å². The van der Waals surface area contributed by atoms with Gasteiger partial charge in [0, 0.05) is 62.7 Å². The molecule has 0 atom stereocenters. The highest BCUT2D eigenvalue weighted by Crippen LogP contribution is 2.46. The van der Waals surface area contributed by atoms with Gasteiger partial charge in [-0.1, -0.05) is 115 Å². The summed E-state index contributed by atoms with van der Waals surface area (Å²) >= 11 is 0. The van der Waals surface area contributed by atoms with E-state index in [0.29, 0.717) is 5.82 Å². The van der Waals surface area contributed by atoms with Gasteiger partial charge in [0.15, 0.2) is 5.82 Å². The van der Waals surface area contributed by atoms with Crippen LogP contribution in [0.3, 0.4) is 0 Å². The van der Waals surface area contributed by atoms with Crippen LogP contribution < -0.4 is 4.74 Å². The van der Waals surface area contributed by atoms with Crippen molar-refractivity contribution in [2.45, 2.75) is 0 Å². The lowest BCUT2D eigenvalue weighted by atomic mass is 9.93. The number of nitrogens with zero attached hydrogens (tertiary/aromatic N) is 4. The molecule has 0 amide bonds. The van der Waals surface area contributed by atoms with Crippen molar-refractivity contribution in [3.63, 3.8) is 0 Å². The summed E-state index contributed by atoms with van der Waals surface area (Å²) in [5.74, 6) is 2.13. The fourth-order valence-corrected chi connectivity index (χ4v) is 7.79. The van der Waals surface area contributed by atoms with E-state index >= 15 is 0 Å². The zero-order chi connectivity index (χ0) is 38.4. The summed E-state index contributed by atoms with van der Waals surface area (Å²) in [5.41, 5.74) is 13.8. The van der Waals surface area contributed by atoms with Gasteiger partial charge in [0.1, 0.15) is 22.7 Å². The van der Waals surface area contributed by atoms with Crippen molar-refractivity contribution in [2.24, 2.45) is 0 Å². The first-order chi connectivity index (χ1) is 28.7. The summed E-state index contributed by atoms with van der Waals surface area (Å²) in [5, 5.41) is 2.03. The smallest absolute Gasteiger partial charge is 0.160 e. The minimum atomic E-state index is 0.627. The molecule has 11 rings (SSSR count). The number of aromatic nitrogens is 4. The average Bonchev–Trinajstić information content (AvgIpc) is 3.65. The van der Waals surface area contributed by atoms with Crippen LogP contribution in [0.1, 0.15) is 11.1 Å². The van der Waals surface area contributed by atoms with Crippen LogP contribution in [0, 0.1) is 0 Å². The Morgan fingerprint density at radius 3 is 1.97 bits per heavy atom. The predicted molar refractivity (Wildman–Crippen MR) is 233 cm³/mol. The number of hydrogen-bond donors (Lipinski definition) is 0. The fraction of sp³-hybridized carbons (Fsp3) is 0. The molecule has 6 nitrogen and oxygen atoms in total. The van der Waals surface area contributed by atoms with Crippen molar-refractivity contribution >= 4 is 34.1 Å². The first-order valence-electron chi connectivity index (χ1n) is 19.2. The van der Waals surface area contributed by atoms with Crippen LogP contribution in [-0.2, 0) is 0 Å². The third-order valence-corrected chi connectivity index (χ3v) is 10.7. The van der Waals surface area contributed by atoms with E-state index in [4.69, 9.17) is 24.1 Å². The van der Waals surface area contributed by atoms with Crippen LogP contribution in [-0.4, -0.2) is 19.9 Å². The van der Waals surface area contributed by atoms with Gasteiger partial charge in [-0.25, -0.2) is 9.97 Å². The van der Waals surface area contributed by atoms with Crippen molar-refractivity contribution in [3.05, 3.63) is 194 Å². The summed E-state index contributed by atoms with van der Waals surface area (Å²) in [6, 6.07) is 55.7. The molecule has 0 unspecified atom stereocenters. The van der Waals surface area contributed by atoms with E-state index in [1.165, 1.54) is 0 Å². The normalized spacial score (nSPS) is 11.9. The Balaban J connectivity index is 1.13. The standard InChI is InChI=1S/C52H32N4O2/c1-2-12-35(13-3-1)52-55-46(30-47(56-52)38-24-25-45(54-32-38)37-14-10-26-53-31-37)36-23-22-34-21-20-33-11-4-5-15-39(33)40-16-6-8-18-48(40)57-51-28-43-41-17-7-9-19-49(41)58-50(43)29-44(51)42(34)27-36/h1-32H. The van der Waals surface area contributed by atoms with Crippen molar-refractivity contribution in [1.29, 1.82) is 0 Å². The van der Waals surface area contributed by atoms with Gasteiger partial charge in [-0.3, -0.25) is 9.97 Å². The Labute approximate surface area is 334 Å². The van der Waals surface area contributed by atoms with E-state index in [9.17, 15) is 0 Å². The molecule has 0 saturated carbocycles. The molecule has 0 bridgehead atoms. The number of rotatable bonds is 4. The first-order valence-corrected chi connectivity index (χ1v) is 19.2. The number of furan rings is 1. The highest BCUT2D eigenvalue weighted by Gasteiger charge is 2.21. The van der Waals surface area contributed by atoms with E-state index in [1.54, 1.807) is 6.20 Å². The first kappa shape index (κ1) is 33.4. The van der Waals surface area contributed by atoms with Gasteiger partial charge >= 0.3 is 0 Å². The van der Waals surface area contributed by atoms with Gasteiger partial charge in [0.05, 0.1) is 17.1 Å². The third-order valence-electron chi connectivity index (χ3n) is 10.7. The summed E-state index contributed by atoms with van der Waals surface area (Å²) < 4.78 is 13.5. The van der Waals surface area contributed by atoms with Crippen LogP contribution in [0.4, 0.5) is 0 Å². The second-order valence-corrected chi connectivity index (χ2v) is 14.3. The Morgan fingerprint density at radius 1 is 0.397 bits per heavy atom. The molecule has 58 heavy (non-hydrogen) atoms. The Morgan fingerprint density at radius 2 is 1.12 bits per heavy atom. The molecule has 0 aliphatic carbocycles. The van der Waals surface area contributed by atoms with Crippen LogP contribution in [0.15, 0.2) is 187 Å². The van der Waals surface area contributed by atoms with Crippen molar-refractivity contribution < 1.29 is 9.15 Å². The van der Waals surface area contributed by atoms with Crippen molar-refractivity contribution in [1.82, 2.24) is 19.9 Å². The maximum Gasteiger partial charge on any atom is 0.160 e. The van der Waals surface area contributed by atoms with E-state index in [-0.39, 0.29) is 0 Å². The van der Waals surface area contributed by atoms with Crippen LogP contribution in [0.25, 0.3) is 102 Å². The van der Waals surface area contributed by atoms with E-state index < -0.39 is 0 Å². The van der Waals surface area contributed by atoms with Gasteiger partial charge in [0.2, 0.25) is 0 Å². The number of ether oxygens (including phenoxy) is 1. The lowest BCUT2D eigenvalue weighted by Crippen LogP contribution is -1.97. The molecule has 5 heterocycles. The second kappa shape index (κ2) is 14.0. The predicted octanol–water partition coefficient (Wildman–Crippen LogP) is 13.4. The third kappa shape index (κ3) is 6.01. The molecular formula is C52H32N4O2. The number of benzene rings is 6. The summed E-state index contributed by atoms with van der Waals surface area (Å²) in [6.45, 7) is 0. The quantitative estimate of drug-likeness (QED) is 0.179. The topological polar surface area (TPSA) is 73.9 Å². The molecule has 272 valence electrons. The number of hydrogen-bond acceptors (Lipinski definition) is 6. The highest BCUT2D eigenvalue weighted by atomic mass is 16.5. The molecule has 0 radical (unpaired) electrons. The lowest BCUT2D eigenvalue weighted by Gasteiger charge is -2.17. The van der Waals surface area contributed by atoms with Gasteiger partial charge in [-0.15, -0.1) is 0 Å². The molecule has 1 aliphatic heterocycles. The van der Waals surface area contributed by atoms with Gasteiger partial charge in [0.25, 0.3) is 0 Å². The summed E-state index contributed by atoms with van der Waals surface area (Å²) in [6.07, 6.45) is 9.83. The SMILES string of the molecule is C1=Cc2ccc(-c3cc(-c4ccc(-c5cccnc5)nc4)nc(-c4ccccc4)n3)cc2-c2cc3oc4ccccc4c3cc2Oc2ccccc2-c2ccccc21. The zero-order valence-corrected chi connectivity index (χ0v) is 31.1. The lowest BCUT2D eigenvalue weighted by molar-refractivity contribution is 0.487. The summed E-state index contributed by atoms with van der Waals surface area (Å²) in [4.78, 5) is 19.3. The minimum Gasteiger partial charge on any atom is -0.456 e. The molecule has 6 heteroatoms. The molecule has 6 aromatic carbocycles. The minimum absolute atomic E-state index is 0.627. The molecule has 0 saturated heterocycles. The monoisotopic (exact) mass is 744 g/mol. The second-order valence-electron chi connectivity index (χ2n) is 14.3. The molecule has 0 fully saturated rings. The molecule has 4 aromatic heterocycles. The molecule has 0 spiro atoms. The Hall–Kier alpha value is -7.96. The number of para-hydroxylation sites is 2. The molecular weight excluding hydrogens is 713 g/mol. The maximum absolute atomic E-state index is 7.05. The largest absolute Gasteiger partial charge is 0.456 e. The zero-order valence-electron chi connectivity index (χ0n) is 31.1. The Bertz CT molecular complexity index is 3190. The van der Waals surface area contributed by atoms with Gasteiger partial charge in [-0.2, -0.15) is 0 Å². The van der Waals surface area contributed by atoms with Crippen molar-refractivity contribution in [3.8, 4) is 78.9 Å². The fourth-order valence-electron chi connectivity index (χ4n) is 7.79. The van der Waals surface area contributed by atoms with Crippen LogP contribution >= 0.6 is 0 Å². The van der Waals surface area contributed by atoms with E-state index in [2.05, 4.69) is 96.0 Å². The van der Waals surface area contributed by atoms with Gasteiger partial charge < -0.3 is 9.15 Å². The highest BCUT2D eigenvalue weighted by molar-refractivity contribution is 6.07. The van der Waals surface area contributed by atoms with E-state index in [0.717, 1.165) is 106 Å². The van der Waals surface area contributed by atoms with Crippen LogP contribution in [0.5, 0.6) is 11.5 Å². The average molecular weight is 745 g/mol. The summed E-state index contributed by atoms with van der Waals surface area (Å²) in [7, 11) is 0. The van der Waals surface area contributed by atoms with E-state index in [1.807, 2.05) is 97.3 Å².